The van der Waals surface area contributed by atoms with E-state index in [1.807, 2.05) is 174 Å². The molecule has 692 valence electrons. The van der Waals surface area contributed by atoms with Crippen LogP contribution in [-0.4, -0.2) is 132 Å². The SMILES string of the molecule is C.C.C.C.CCC(C)C(=O)OCCCCOc1ccc(C=Nc2ccc(/C=C/c3ccc(N=Cc4ccc(OC)c(OC)c4OC)cc3)cc2)c(OC)c1OC.CCCCCCOc1ccc(C=Nc2ccc(N=Cc3ccc(OCCCCOC(=O)C(C)CC)c(OCCCCCC)c3OCCCCCC)cc2)c(OCCCCCC)c1OCCCCCC. The van der Waals surface area contributed by atoms with Gasteiger partial charge in [0.05, 0.1) is 130 Å². The van der Waals surface area contributed by atoms with Crippen LogP contribution in [0, 0.1) is 11.8 Å². The first-order chi connectivity index (χ1) is 59.2. The number of carbonyl (C=O) groups is 2. The second-order valence-electron chi connectivity index (χ2n) is 29.9. The Morgan fingerprint density at radius 3 is 0.784 bits per heavy atom. The maximum absolute atomic E-state index is 12.1. The Morgan fingerprint density at radius 2 is 0.504 bits per heavy atom. The molecule has 2 atom stereocenters. The second kappa shape index (κ2) is 66.9. The van der Waals surface area contributed by atoms with E-state index in [1.165, 1.54) is 38.5 Å². The summed E-state index contributed by atoms with van der Waals surface area (Å²) >= 11 is 0. The van der Waals surface area contributed by atoms with E-state index < -0.39 is 0 Å². The van der Waals surface area contributed by atoms with Gasteiger partial charge in [-0.1, -0.05) is 225 Å². The van der Waals surface area contributed by atoms with E-state index in [4.69, 9.17) is 76.3 Å². The van der Waals surface area contributed by atoms with Gasteiger partial charge < -0.3 is 66.3 Å². The lowest BCUT2D eigenvalue weighted by Crippen LogP contribution is -2.15. The third-order valence-corrected chi connectivity index (χ3v) is 20.3. The summed E-state index contributed by atoms with van der Waals surface area (Å²) in [5.74, 6) is 6.81. The summed E-state index contributed by atoms with van der Waals surface area (Å²) < 4.78 is 83.3. The van der Waals surface area contributed by atoms with Gasteiger partial charge in [0.25, 0.3) is 0 Å². The molecule has 0 bridgehead atoms. The largest absolute Gasteiger partial charge is 0.493 e. The molecule has 0 aliphatic rings. The molecule has 7 aromatic carbocycles. The standard InChI is InChI=1S/C59H92N2O8.C42H48N2O8.4CH4/c1-8-14-19-24-39-63-53-37-31-49(55(65-41-25-20-15-9-2)57(53)67-43-27-22-17-11-4)46-60-51-33-35-52(36-34-51)61-47-50-32-38-54(64-40-29-30-45-69-59(62)48(7)13-6)58(68-44-28-23-18-12-5)56(50)66-42-26-21-16-10-3;1-8-29(2)42(45)52-26-10-9-25-51-37-24-18-33(39(48-5)41(37)50-7)28-44-35-21-15-31(16-22-35)12-11-30-13-19-34(20-14-30)43-27-32-17-23-36(46-3)40(49-6)38(32)47-4;;;;/h31-38,46-48H,8-30,39-45H2,1-7H3;11-24,27-29H,8-10,25-26H2,1-7H3;4*1H4/b;12-11+,43-27?,44-28?;;;;. The van der Waals surface area contributed by atoms with E-state index in [9.17, 15) is 9.59 Å². The van der Waals surface area contributed by atoms with Crippen molar-refractivity contribution in [3.05, 3.63) is 155 Å². The summed E-state index contributed by atoms with van der Waals surface area (Å²) in [4.78, 5) is 43.1. The Morgan fingerprint density at radius 1 is 0.264 bits per heavy atom. The number of carbonyl (C=O) groups excluding carboxylic acids is 2. The third-order valence-electron chi connectivity index (χ3n) is 20.3. The summed E-state index contributed by atoms with van der Waals surface area (Å²) in [7, 11) is 7.92. The Bertz CT molecular complexity index is 4220. The van der Waals surface area contributed by atoms with E-state index >= 15 is 0 Å². The molecule has 0 aliphatic heterocycles. The molecular weight excluding hydrogens is 1570 g/mol. The van der Waals surface area contributed by atoms with Gasteiger partial charge in [-0.25, -0.2) is 0 Å². The van der Waals surface area contributed by atoms with E-state index in [-0.39, 0.29) is 53.5 Å². The topological polar surface area (TPSA) is 213 Å². The molecule has 0 spiro atoms. The Labute approximate surface area is 753 Å². The molecule has 0 fully saturated rings. The average Bonchev–Trinajstić information content (AvgIpc) is 0.770. The first-order valence-corrected chi connectivity index (χ1v) is 44.5. The molecule has 0 saturated carbocycles. The van der Waals surface area contributed by atoms with Gasteiger partial charge in [-0.05, 0) is 179 Å². The molecule has 0 aliphatic carbocycles. The maximum atomic E-state index is 12.1. The lowest BCUT2D eigenvalue weighted by molar-refractivity contribution is -0.149. The maximum Gasteiger partial charge on any atom is 0.308 e. The summed E-state index contributed by atoms with van der Waals surface area (Å²) in [6.07, 6.45) is 37.9. The molecule has 7 rings (SSSR count). The molecular formula is C105H156N4O16. The van der Waals surface area contributed by atoms with Crippen molar-refractivity contribution in [2.75, 3.05) is 95.0 Å². The average molecular weight is 1730 g/mol. The van der Waals surface area contributed by atoms with Crippen LogP contribution in [0.5, 0.6) is 69.0 Å². The third kappa shape index (κ3) is 40.1. The van der Waals surface area contributed by atoms with Crippen LogP contribution in [0.25, 0.3) is 12.2 Å². The Kier molecular flexibility index (Phi) is 59.2. The number of nitrogens with zero attached hydrogens (tertiary/aromatic N) is 4. The van der Waals surface area contributed by atoms with Crippen molar-refractivity contribution in [3.8, 4) is 69.0 Å². The minimum absolute atomic E-state index is 0. The predicted octanol–water partition coefficient (Wildman–Crippen LogP) is 28.4. The monoisotopic (exact) mass is 1730 g/mol. The highest BCUT2D eigenvalue weighted by atomic mass is 16.6. The van der Waals surface area contributed by atoms with Crippen molar-refractivity contribution < 1.29 is 75.9 Å². The number of ether oxygens (including phenoxy) is 14. The lowest BCUT2D eigenvalue weighted by Gasteiger charge is -2.19. The van der Waals surface area contributed by atoms with E-state index in [2.05, 4.69) is 44.6 Å². The van der Waals surface area contributed by atoms with Crippen molar-refractivity contribution in [1.29, 1.82) is 0 Å². The highest BCUT2D eigenvalue weighted by Crippen LogP contribution is 2.45. The van der Waals surface area contributed by atoms with Crippen molar-refractivity contribution in [1.82, 2.24) is 0 Å². The lowest BCUT2D eigenvalue weighted by atomic mass is 10.1. The molecule has 0 radical (unpaired) electrons. The van der Waals surface area contributed by atoms with Crippen LogP contribution in [0.4, 0.5) is 22.7 Å². The van der Waals surface area contributed by atoms with Gasteiger partial charge >= 0.3 is 11.9 Å². The fraction of sp³-hybridized carbons (Fsp3) is 0.524. The predicted molar refractivity (Wildman–Crippen MR) is 521 cm³/mol. The number of esters is 2. The number of aliphatic imine (C=N–C) groups is 4. The van der Waals surface area contributed by atoms with Gasteiger partial charge in [0.15, 0.2) is 46.0 Å². The van der Waals surface area contributed by atoms with Crippen LogP contribution < -0.4 is 56.8 Å². The van der Waals surface area contributed by atoms with Crippen molar-refractivity contribution in [2.45, 2.75) is 259 Å². The van der Waals surface area contributed by atoms with Crippen LogP contribution in [0.15, 0.2) is 141 Å². The first kappa shape index (κ1) is 111. The summed E-state index contributed by atoms with van der Waals surface area (Å²) in [6.45, 7) is 23.5. The number of rotatable bonds is 61. The van der Waals surface area contributed by atoms with Crippen molar-refractivity contribution in [2.24, 2.45) is 31.8 Å². The zero-order valence-corrected chi connectivity index (χ0v) is 75.2. The zero-order valence-electron chi connectivity index (χ0n) is 75.2. The van der Waals surface area contributed by atoms with Crippen LogP contribution in [0.2, 0.25) is 0 Å². The molecule has 7 aromatic rings. The first-order valence-electron chi connectivity index (χ1n) is 44.5. The van der Waals surface area contributed by atoms with Crippen LogP contribution in [0.3, 0.4) is 0 Å². The Balaban J connectivity index is 0.000000849. The number of hydrogen-bond donors (Lipinski definition) is 0. The molecule has 2 unspecified atom stereocenters. The fourth-order valence-electron chi connectivity index (χ4n) is 12.5. The van der Waals surface area contributed by atoms with E-state index in [0.717, 1.165) is 184 Å². The molecule has 0 saturated heterocycles. The fourth-order valence-corrected chi connectivity index (χ4v) is 12.5. The van der Waals surface area contributed by atoms with Gasteiger partial charge in [0, 0.05) is 47.1 Å². The second-order valence-corrected chi connectivity index (χ2v) is 29.9. The minimum atomic E-state index is -0.156. The van der Waals surface area contributed by atoms with Gasteiger partial charge in [0.2, 0.25) is 23.0 Å². The van der Waals surface area contributed by atoms with Crippen LogP contribution in [0.1, 0.15) is 292 Å². The molecule has 20 heteroatoms. The Hall–Kier alpha value is -10.5. The highest BCUT2D eigenvalue weighted by molar-refractivity contribution is 5.91. The number of unbranched alkanes of at least 4 members (excludes halogenated alkanes) is 17. The number of hydrogen-bond acceptors (Lipinski definition) is 20. The van der Waals surface area contributed by atoms with Crippen LogP contribution >= 0.6 is 0 Å². The van der Waals surface area contributed by atoms with Gasteiger partial charge in [0.1, 0.15) is 0 Å². The van der Waals surface area contributed by atoms with Crippen molar-refractivity contribution in [3.63, 3.8) is 0 Å². The zero-order chi connectivity index (χ0) is 86.9. The van der Waals surface area contributed by atoms with E-state index in [1.54, 1.807) is 48.0 Å². The van der Waals surface area contributed by atoms with Crippen LogP contribution in [-0.2, 0) is 19.1 Å². The normalized spacial score (nSPS) is 11.5. The number of methoxy groups -OCH3 is 5. The van der Waals surface area contributed by atoms with Gasteiger partial charge in [-0.3, -0.25) is 29.6 Å². The van der Waals surface area contributed by atoms with Gasteiger partial charge in [-0.2, -0.15) is 0 Å². The number of benzene rings is 7. The molecule has 20 nitrogen and oxygen atoms in total. The summed E-state index contributed by atoms with van der Waals surface area (Å²) in [5, 5.41) is 0. The van der Waals surface area contributed by atoms with Crippen molar-refractivity contribution >= 4 is 71.7 Å². The minimum Gasteiger partial charge on any atom is -0.493 e. The highest BCUT2D eigenvalue weighted by Gasteiger charge is 2.23. The summed E-state index contributed by atoms with van der Waals surface area (Å²) in [5.41, 5.74) is 8.47. The smallest absolute Gasteiger partial charge is 0.308 e. The molecule has 0 N–H and O–H groups in total. The molecule has 0 amide bonds. The molecule has 125 heavy (non-hydrogen) atoms. The molecule has 0 heterocycles. The van der Waals surface area contributed by atoms with E-state index in [0.29, 0.717) is 129 Å². The summed E-state index contributed by atoms with van der Waals surface area (Å²) in [6, 6.07) is 39.2. The quantitative estimate of drug-likeness (QED) is 0.0150. The van der Waals surface area contributed by atoms with Gasteiger partial charge in [-0.15, -0.1) is 0 Å². The molecule has 0 aromatic heterocycles.